The number of hydrogen-bond acceptors (Lipinski definition) is 2. The number of ether oxygens (including phenoxy) is 1. The maximum atomic E-state index is 11.1. The smallest absolute Gasteiger partial charge is 0.219 e. The zero-order valence-electron chi connectivity index (χ0n) is 8.04. The van der Waals surface area contributed by atoms with E-state index >= 15 is 0 Å². The van der Waals surface area contributed by atoms with E-state index in [2.05, 4.69) is 6.92 Å². The van der Waals surface area contributed by atoms with Gasteiger partial charge >= 0.3 is 0 Å². The van der Waals surface area contributed by atoms with Gasteiger partial charge in [-0.15, -0.1) is 0 Å². The van der Waals surface area contributed by atoms with Crippen LogP contribution in [0.25, 0.3) is 0 Å². The van der Waals surface area contributed by atoms with Crippen LogP contribution in [0.15, 0.2) is 0 Å². The molecule has 1 rings (SSSR count). The molecule has 0 unspecified atom stereocenters. The molecule has 0 spiro atoms. The van der Waals surface area contributed by atoms with Gasteiger partial charge in [0.2, 0.25) is 5.91 Å². The van der Waals surface area contributed by atoms with Gasteiger partial charge in [0, 0.05) is 26.6 Å². The Kier molecular flexibility index (Phi) is 3.09. The average Bonchev–Trinajstić information content (AvgIpc) is 2.03. The van der Waals surface area contributed by atoms with E-state index in [1.165, 1.54) is 0 Å². The Balaban J connectivity index is 2.47. The summed E-state index contributed by atoms with van der Waals surface area (Å²) in [6.07, 6.45) is 2.28. The summed E-state index contributed by atoms with van der Waals surface area (Å²) in [6, 6.07) is 0.334. The maximum absolute atomic E-state index is 11.1. The molecule has 0 saturated carbocycles. The van der Waals surface area contributed by atoms with Crippen LogP contribution in [-0.4, -0.2) is 36.6 Å². The number of rotatable bonds is 1. The van der Waals surface area contributed by atoms with Crippen molar-refractivity contribution in [3.63, 3.8) is 0 Å². The zero-order valence-corrected chi connectivity index (χ0v) is 8.04. The summed E-state index contributed by atoms with van der Waals surface area (Å²) in [4.78, 5) is 13.0. The van der Waals surface area contributed by atoms with E-state index in [1.54, 1.807) is 14.0 Å². The molecule has 2 atom stereocenters. The van der Waals surface area contributed by atoms with Gasteiger partial charge in [0.05, 0.1) is 6.10 Å². The van der Waals surface area contributed by atoms with Crippen LogP contribution in [-0.2, 0) is 9.53 Å². The molecule has 0 radical (unpaired) electrons. The molecule has 0 aromatic carbocycles. The highest BCUT2D eigenvalue weighted by molar-refractivity contribution is 5.73. The van der Waals surface area contributed by atoms with Crippen LogP contribution in [0.2, 0.25) is 0 Å². The Hall–Kier alpha value is -0.570. The molecular formula is C9H17NO2. The minimum Gasteiger partial charge on any atom is -0.381 e. The van der Waals surface area contributed by atoms with Crippen molar-refractivity contribution in [2.75, 3.05) is 13.7 Å². The summed E-state index contributed by atoms with van der Waals surface area (Å²) >= 11 is 0. The highest BCUT2D eigenvalue weighted by Crippen LogP contribution is 2.18. The monoisotopic (exact) mass is 171 g/mol. The van der Waals surface area contributed by atoms with Crippen molar-refractivity contribution in [3.8, 4) is 0 Å². The Morgan fingerprint density at radius 2 is 2.25 bits per heavy atom. The van der Waals surface area contributed by atoms with Crippen LogP contribution >= 0.6 is 0 Å². The van der Waals surface area contributed by atoms with E-state index in [-0.39, 0.29) is 5.91 Å². The zero-order chi connectivity index (χ0) is 9.14. The van der Waals surface area contributed by atoms with Gasteiger partial charge in [-0.3, -0.25) is 4.79 Å². The highest BCUT2D eigenvalue weighted by atomic mass is 16.5. The molecule has 1 amide bonds. The summed E-state index contributed by atoms with van der Waals surface area (Å²) in [7, 11) is 1.74. The molecule has 1 aliphatic heterocycles. The van der Waals surface area contributed by atoms with E-state index in [9.17, 15) is 4.79 Å². The molecule has 0 N–H and O–H groups in total. The lowest BCUT2D eigenvalue weighted by Gasteiger charge is -2.36. The summed E-state index contributed by atoms with van der Waals surface area (Å²) in [5, 5.41) is 0. The summed E-state index contributed by atoms with van der Waals surface area (Å²) in [5.74, 6) is 0.178. The van der Waals surface area contributed by atoms with Crippen molar-refractivity contribution in [3.05, 3.63) is 0 Å². The van der Waals surface area contributed by atoms with Crippen molar-refractivity contribution in [1.82, 2.24) is 4.90 Å². The topological polar surface area (TPSA) is 29.5 Å². The maximum Gasteiger partial charge on any atom is 0.219 e. The van der Waals surface area contributed by atoms with Crippen LogP contribution in [0.4, 0.5) is 0 Å². The van der Waals surface area contributed by atoms with E-state index in [0.29, 0.717) is 12.1 Å². The van der Waals surface area contributed by atoms with Crippen LogP contribution in [0, 0.1) is 0 Å². The Morgan fingerprint density at radius 3 is 2.67 bits per heavy atom. The van der Waals surface area contributed by atoms with E-state index in [1.807, 2.05) is 4.90 Å². The quantitative estimate of drug-likeness (QED) is 0.589. The fourth-order valence-corrected chi connectivity index (χ4v) is 1.81. The molecule has 3 nitrogen and oxygen atoms in total. The van der Waals surface area contributed by atoms with E-state index in [4.69, 9.17) is 4.74 Å². The Labute approximate surface area is 73.7 Å². The first-order chi connectivity index (χ1) is 5.65. The Bertz CT molecular complexity index is 170. The van der Waals surface area contributed by atoms with E-state index < -0.39 is 0 Å². The number of hydrogen-bond donors (Lipinski definition) is 0. The highest BCUT2D eigenvalue weighted by Gasteiger charge is 2.26. The van der Waals surface area contributed by atoms with Crippen molar-refractivity contribution in [2.45, 2.75) is 38.8 Å². The van der Waals surface area contributed by atoms with Crippen molar-refractivity contribution >= 4 is 5.91 Å². The van der Waals surface area contributed by atoms with Gasteiger partial charge in [0.15, 0.2) is 0 Å². The third kappa shape index (κ3) is 1.97. The first-order valence-electron chi connectivity index (χ1n) is 4.45. The molecule has 1 heterocycles. The third-order valence-electron chi connectivity index (χ3n) is 2.57. The minimum absolute atomic E-state index is 0.178. The predicted octanol–water partition coefficient (Wildman–Crippen LogP) is 1.03. The number of likely N-dealkylation sites (tertiary alicyclic amines) is 1. The second-order valence-electron chi connectivity index (χ2n) is 3.44. The number of methoxy groups -OCH3 is 1. The average molecular weight is 171 g/mol. The standard InChI is InChI=1S/C9H17NO2/c1-7-6-9(12-3)4-5-10(7)8(2)11/h7,9H,4-6H2,1-3H3/t7-,9+/m1/s1. The normalized spacial score (nSPS) is 30.4. The SMILES string of the molecule is CO[C@H]1CCN(C(C)=O)[C@H](C)C1. The first kappa shape index (κ1) is 9.52. The number of carbonyl (C=O) groups excluding carboxylic acids is 1. The predicted molar refractivity (Wildman–Crippen MR) is 46.9 cm³/mol. The van der Waals surface area contributed by atoms with Crippen molar-refractivity contribution in [1.29, 1.82) is 0 Å². The molecule has 0 aliphatic carbocycles. The summed E-state index contributed by atoms with van der Waals surface area (Å²) in [5.41, 5.74) is 0. The largest absolute Gasteiger partial charge is 0.381 e. The molecular weight excluding hydrogens is 154 g/mol. The van der Waals surface area contributed by atoms with Gasteiger partial charge in [-0.2, -0.15) is 0 Å². The lowest BCUT2D eigenvalue weighted by molar-refractivity contribution is -0.134. The van der Waals surface area contributed by atoms with Crippen LogP contribution < -0.4 is 0 Å². The van der Waals surface area contributed by atoms with Crippen molar-refractivity contribution < 1.29 is 9.53 Å². The minimum atomic E-state index is 0.178. The Morgan fingerprint density at radius 1 is 1.58 bits per heavy atom. The van der Waals surface area contributed by atoms with Gasteiger partial charge in [-0.1, -0.05) is 0 Å². The molecule has 70 valence electrons. The number of piperidine rings is 1. The summed E-state index contributed by atoms with van der Waals surface area (Å²) in [6.45, 7) is 4.55. The van der Waals surface area contributed by atoms with Gasteiger partial charge in [-0.25, -0.2) is 0 Å². The number of carbonyl (C=O) groups is 1. The molecule has 1 saturated heterocycles. The van der Waals surface area contributed by atoms with Crippen LogP contribution in [0.3, 0.4) is 0 Å². The van der Waals surface area contributed by atoms with Crippen molar-refractivity contribution in [2.24, 2.45) is 0 Å². The molecule has 1 aliphatic rings. The lowest BCUT2D eigenvalue weighted by atomic mass is 10.0. The molecule has 3 heteroatoms. The van der Waals surface area contributed by atoms with Gasteiger partial charge in [0.1, 0.15) is 0 Å². The second-order valence-corrected chi connectivity index (χ2v) is 3.44. The fraction of sp³-hybridized carbons (Fsp3) is 0.889. The molecule has 1 fully saturated rings. The molecule has 0 bridgehead atoms. The first-order valence-corrected chi connectivity index (χ1v) is 4.45. The van der Waals surface area contributed by atoms with Gasteiger partial charge < -0.3 is 9.64 Å². The number of amides is 1. The van der Waals surface area contributed by atoms with Gasteiger partial charge in [-0.05, 0) is 19.8 Å². The number of nitrogens with zero attached hydrogens (tertiary/aromatic N) is 1. The van der Waals surface area contributed by atoms with Gasteiger partial charge in [0.25, 0.3) is 0 Å². The third-order valence-corrected chi connectivity index (χ3v) is 2.57. The fourth-order valence-electron chi connectivity index (χ4n) is 1.81. The van der Waals surface area contributed by atoms with Crippen LogP contribution in [0.5, 0.6) is 0 Å². The van der Waals surface area contributed by atoms with Crippen LogP contribution in [0.1, 0.15) is 26.7 Å². The lowest BCUT2D eigenvalue weighted by Crippen LogP contribution is -2.45. The summed E-state index contributed by atoms with van der Waals surface area (Å²) < 4.78 is 5.25. The second kappa shape index (κ2) is 3.90. The van der Waals surface area contributed by atoms with E-state index in [0.717, 1.165) is 19.4 Å². The molecule has 0 aromatic heterocycles. The molecule has 0 aromatic rings. The molecule has 12 heavy (non-hydrogen) atoms.